The zero-order valence-electron chi connectivity index (χ0n) is 14.1. The Labute approximate surface area is 169 Å². The first kappa shape index (κ1) is 20.8. The predicted molar refractivity (Wildman–Crippen MR) is 116 cm³/mol. The molecule has 0 unspecified atom stereocenters. The summed E-state index contributed by atoms with van der Waals surface area (Å²) < 4.78 is 6.36. The third kappa shape index (κ3) is 5.98. The molecule has 3 N–H and O–H groups in total. The van der Waals surface area contributed by atoms with E-state index >= 15 is 0 Å². The molecule has 2 aromatic rings. The number of hydrogen-bond acceptors (Lipinski definition) is 2. The van der Waals surface area contributed by atoms with E-state index in [4.69, 9.17) is 10.5 Å². The Bertz CT molecular complexity index is 699. The summed E-state index contributed by atoms with van der Waals surface area (Å²) in [5.74, 6) is 1.27. The number of rotatable bonds is 5. The van der Waals surface area contributed by atoms with E-state index in [1.54, 1.807) is 7.11 Å². The maximum atomic E-state index is 5.97. The number of aliphatic imine (C=N–C) groups is 1. The van der Waals surface area contributed by atoms with Gasteiger partial charge in [-0.25, -0.2) is 0 Å². The minimum absolute atomic E-state index is 0. The van der Waals surface area contributed by atoms with E-state index in [0.29, 0.717) is 12.5 Å². The van der Waals surface area contributed by atoms with Crippen LogP contribution in [0.3, 0.4) is 0 Å². The number of benzene rings is 2. The first-order chi connectivity index (χ1) is 11.0. The molecule has 0 aliphatic carbocycles. The predicted octanol–water partition coefficient (Wildman–Crippen LogP) is 4.66. The van der Waals surface area contributed by atoms with Crippen molar-refractivity contribution in [3.63, 3.8) is 0 Å². The average molecular weight is 504 g/mol. The number of nitrogens with one attached hydrogen (secondary N) is 1. The van der Waals surface area contributed by atoms with Crippen LogP contribution in [0, 0.1) is 13.8 Å². The van der Waals surface area contributed by atoms with Gasteiger partial charge in [0.25, 0.3) is 0 Å². The molecule has 2 rings (SSSR count). The lowest BCUT2D eigenvalue weighted by Crippen LogP contribution is -2.23. The second-order valence-corrected chi connectivity index (χ2v) is 6.30. The summed E-state index contributed by atoms with van der Waals surface area (Å²) >= 11 is 3.49. The second-order valence-electron chi connectivity index (χ2n) is 5.45. The number of nitrogens with two attached hydrogens (primary N) is 1. The molecule has 0 amide bonds. The van der Waals surface area contributed by atoms with Crippen LogP contribution in [0.2, 0.25) is 0 Å². The van der Waals surface area contributed by atoms with E-state index < -0.39 is 0 Å². The molecule has 4 nitrogen and oxygen atoms in total. The molecule has 0 aromatic heterocycles. The molecule has 0 heterocycles. The second kappa shape index (κ2) is 9.88. The number of aryl methyl sites for hydroxylation is 2. The van der Waals surface area contributed by atoms with Gasteiger partial charge in [0.1, 0.15) is 5.75 Å². The molecule has 0 radical (unpaired) electrons. The number of methoxy groups -OCH3 is 1. The number of anilines is 1. The van der Waals surface area contributed by atoms with E-state index in [9.17, 15) is 0 Å². The highest BCUT2D eigenvalue weighted by Gasteiger charge is 2.06. The molecule has 0 aliphatic heterocycles. The van der Waals surface area contributed by atoms with Gasteiger partial charge in [-0.3, -0.25) is 4.99 Å². The highest BCUT2D eigenvalue weighted by atomic mass is 127. The molecule has 0 saturated heterocycles. The minimum Gasteiger partial charge on any atom is -0.495 e. The summed E-state index contributed by atoms with van der Waals surface area (Å²) in [5.41, 5.74) is 10.4. The Balaban J connectivity index is 0.00000288. The van der Waals surface area contributed by atoms with Crippen molar-refractivity contribution in [3.8, 4) is 5.75 Å². The maximum Gasteiger partial charge on any atom is 0.193 e. The molecule has 130 valence electrons. The number of halogens is 2. The van der Waals surface area contributed by atoms with Crippen molar-refractivity contribution in [1.82, 2.24) is 0 Å². The summed E-state index contributed by atoms with van der Waals surface area (Å²) in [6, 6.07) is 12.2. The Hall–Kier alpha value is -1.28. The Kier molecular flexibility index (Phi) is 8.55. The van der Waals surface area contributed by atoms with Gasteiger partial charge in [0.15, 0.2) is 5.96 Å². The third-order valence-electron chi connectivity index (χ3n) is 3.41. The van der Waals surface area contributed by atoms with Gasteiger partial charge in [-0.05, 0) is 71.1 Å². The summed E-state index contributed by atoms with van der Waals surface area (Å²) in [5, 5.41) is 3.14. The molecule has 0 saturated carbocycles. The zero-order valence-corrected chi connectivity index (χ0v) is 18.0. The summed E-state index contributed by atoms with van der Waals surface area (Å²) in [7, 11) is 1.67. The smallest absolute Gasteiger partial charge is 0.193 e. The van der Waals surface area contributed by atoms with Crippen molar-refractivity contribution < 1.29 is 4.74 Å². The number of nitrogens with zero attached hydrogens (tertiary/aromatic N) is 1. The van der Waals surface area contributed by atoms with Gasteiger partial charge in [-0.2, -0.15) is 0 Å². The van der Waals surface area contributed by atoms with Crippen LogP contribution in [0.25, 0.3) is 0 Å². The van der Waals surface area contributed by atoms with E-state index in [-0.39, 0.29) is 24.0 Å². The van der Waals surface area contributed by atoms with Crippen LogP contribution in [0.1, 0.15) is 16.7 Å². The van der Waals surface area contributed by atoms with Crippen LogP contribution >= 0.6 is 39.9 Å². The Morgan fingerprint density at radius 2 is 1.88 bits per heavy atom. The standard InChI is InChI=1S/C18H22BrN3O.HI/c1-12-9-13(2)11-15(10-12)22-18(20)21-8-7-14-5-4-6-16(19)17(14)23-3;/h4-6,9-11H,7-8H2,1-3H3,(H3,20,21,22);1H. The molecule has 0 bridgehead atoms. The Morgan fingerprint density at radius 3 is 2.50 bits per heavy atom. The van der Waals surface area contributed by atoms with Crippen molar-refractivity contribution in [2.75, 3.05) is 19.0 Å². The first-order valence-electron chi connectivity index (χ1n) is 7.46. The van der Waals surface area contributed by atoms with E-state index in [2.05, 4.69) is 46.2 Å². The van der Waals surface area contributed by atoms with E-state index in [1.165, 1.54) is 11.1 Å². The average Bonchev–Trinajstić information content (AvgIpc) is 2.46. The van der Waals surface area contributed by atoms with Crippen LogP contribution < -0.4 is 15.8 Å². The van der Waals surface area contributed by atoms with Gasteiger partial charge < -0.3 is 15.8 Å². The highest BCUT2D eigenvalue weighted by molar-refractivity contribution is 14.0. The number of hydrogen-bond donors (Lipinski definition) is 2. The SMILES string of the molecule is COc1c(Br)cccc1CCN=C(N)Nc1cc(C)cc(C)c1.I. The van der Waals surface area contributed by atoms with Crippen molar-refractivity contribution in [1.29, 1.82) is 0 Å². The molecule has 0 aliphatic rings. The highest BCUT2D eigenvalue weighted by Crippen LogP contribution is 2.28. The van der Waals surface area contributed by atoms with Gasteiger partial charge in [-0.1, -0.05) is 18.2 Å². The number of ether oxygens (including phenoxy) is 1. The maximum absolute atomic E-state index is 5.97. The van der Waals surface area contributed by atoms with Gasteiger partial charge in [0.2, 0.25) is 0 Å². The third-order valence-corrected chi connectivity index (χ3v) is 4.03. The molecule has 6 heteroatoms. The fourth-order valence-corrected chi connectivity index (χ4v) is 3.08. The quantitative estimate of drug-likeness (QED) is 0.354. The molecule has 0 spiro atoms. The number of para-hydroxylation sites is 1. The van der Waals surface area contributed by atoms with Gasteiger partial charge in [-0.15, -0.1) is 24.0 Å². The molecule has 2 aromatic carbocycles. The lowest BCUT2D eigenvalue weighted by atomic mass is 10.1. The molecule has 0 fully saturated rings. The topological polar surface area (TPSA) is 59.6 Å². The molecular formula is C18H23BrIN3O. The summed E-state index contributed by atoms with van der Waals surface area (Å²) in [6.45, 7) is 4.71. The van der Waals surface area contributed by atoms with Crippen LogP contribution in [-0.4, -0.2) is 19.6 Å². The first-order valence-corrected chi connectivity index (χ1v) is 8.25. The van der Waals surface area contributed by atoms with Crippen molar-refractivity contribution in [2.24, 2.45) is 10.7 Å². The largest absolute Gasteiger partial charge is 0.495 e. The summed E-state index contributed by atoms with van der Waals surface area (Å²) in [4.78, 5) is 4.39. The van der Waals surface area contributed by atoms with Gasteiger partial charge in [0, 0.05) is 12.2 Å². The fourth-order valence-electron chi connectivity index (χ4n) is 2.51. The number of guanidine groups is 1. The molecule has 24 heavy (non-hydrogen) atoms. The van der Waals surface area contributed by atoms with Crippen molar-refractivity contribution >= 4 is 51.6 Å². The lowest BCUT2D eigenvalue weighted by molar-refractivity contribution is 0.407. The van der Waals surface area contributed by atoms with Crippen LogP contribution in [-0.2, 0) is 6.42 Å². The molecule has 0 atom stereocenters. The van der Waals surface area contributed by atoms with Crippen LogP contribution in [0.5, 0.6) is 5.75 Å². The van der Waals surface area contributed by atoms with Crippen LogP contribution in [0.15, 0.2) is 45.9 Å². The van der Waals surface area contributed by atoms with E-state index in [0.717, 1.165) is 27.9 Å². The van der Waals surface area contributed by atoms with Gasteiger partial charge >= 0.3 is 0 Å². The normalized spacial score (nSPS) is 10.9. The van der Waals surface area contributed by atoms with Crippen molar-refractivity contribution in [3.05, 3.63) is 57.6 Å². The Morgan fingerprint density at radius 1 is 1.21 bits per heavy atom. The minimum atomic E-state index is 0. The summed E-state index contributed by atoms with van der Waals surface area (Å²) in [6.07, 6.45) is 0.762. The van der Waals surface area contributed by atoms with Gasteiger partial charge in [0.05, 0.1) is 11.6 Å². The molecular weight excluding hydrogens is 481 g/mol. The fraction of sp³-hybridized carbons (Fsp3) is 0.278. The van der Waals surface area contributed by atoms with E-state index in [1.807, 2.05) is 30.3 Å². The van der Waals surface area contributed by atoms with Crippen LogP contribution in [0.4, 0.5) is 5.69 Å². The monoisotopic (exact) mass is 503 g/mol. The van der Waals surface area contributed by atoms with Crippen molar-refractivity contribution in [2.45, 2.75) is 20.3 Å². The lowest BCUT2D eigenvalue weighted by Gasteiger charge is -2.10. The zero-order chi connectivity index (χ0) is 16.8.